The van der Waals surface area contributed by atoms with Gasteiger partial charge >= 0.3 is 0 Å². The number of fused-ring (bicyclic) bond motifs is 1. The molecule has 1 aliphatic heterocycles. The van der Waals surface area contributed by atoms with Crippen LogP contribution >= 0.6 is 0 Å². The number of likely N-dealkylation sites (tertiary alicyclic amines) is 1. The molecule has 0 saturated carbocycles. The van der Waals surface area contributed by atoms with E-state index in [0.29, 0.717) is 12.5 Å². The van der Waals surface area contributed by atoms with Crippen molar-refractivity contribution in [3.05, 3.63) is 82.0 Å². The predicted octanol–water partition coefficient (Wildman–Crippen LogP) is 3.99. The molecular weight excluding hydrogens is 345 g/mol. The van der Waals surface area contributed by atoms with Gasteiger partial charge in [-0.25, -0.2) is 4.39 Å². The van der Waals surface area contributed by atoms with Crippen molar-refractivity contribution in [2.75, 3.05) is 19.6 Å². The summed E-state index contributed by atoms with van der Waals surface area (Å²) in [6.07, 6.45) is 2.56. The van der Waals surface area contributed by atoms with Crippen molar-refractivity contribution in [3.8, 4) is 0 Å². The number of Topliss-reactive ketones (excluding diaryl/α,β-unsaturated/α-hetero) is 1. The highest BCUT2D eigenvalue weighted by Crippen LogP contribution is 2.27. The highest BCUT2D eigenvalue weighted by molar-refractivity contribution is 5.99. The van der Waals surface area contributed by atoms with Crippen LogP contribution in [0.1, 0.15) is 34.7 Å². The topological polar surface area (TPSA) is 50.5 Å². The molecule has 1 unspecified atom stereocenters. The van der Waals surface area contributed by atoms with Crippen LogP contribution in [-0.2, 0) is 0 Å². The molecule has 1 atom stereocenters. The summed E-state index contributed by atoms with van der Waals surface area (Å²) in [4.78, 5) is 26.5. The first-order valence-corrected chi connectivity index (χ1v) is 9.13. The van der Waals surface area contributed by atoms with Crippen LogP contribution in [0.2, 0.25) is 0 Å². The van der Waals surface area contributed by atoms with Gasteiger partial charge in [0.05, 0.1) is 17.2 Å². The van der Waals surface area contributed by atoms with E-state index >= 15 is 0 Å². The van der Waals surface area contributed by atoms with Crippen LogP contribution in [0, 0.1) is 5.82 Å². The van der Waals surface area contributed by atoms with Crippen molar-refractivity contribution in [1.82, 2.24) is 4.90 Å². The van der Waals surface area contributed by atoms with Gasteiger partial charge in [0.15, 0.2) is 11.2 Å². The van der Waals surface area contributed by atoms with E-state index in [2.05, 4.69) is 17.0 Å². The third kappa shape index (κ3) is 3.69. The SMILES string of the molecule is O=C(CCN1CCC(c2ccccc2)C1)c1cc2occc(=O)c2cc1F. The second-order valence-electron chi connectivity index (χ2n) is 6.98. The van der Waals surface area contributed by atoms with Gasteiger partial charge in [0.2, 0.25) is 0 Å². The third-order valence-electron chi connectivity index (χ3n) is 5.25. The molecule has 0 N–H and O–H groups in total. The molecule has 2 heterocycles. The number of ketones is 1. The number of halogens is 1. The van der Waals surface area contributed by atoms with Gasteiger partial charge in [-0.1, -0.05) is 30.3 Å². The van der Waals surface area contributed by atoms with Gasteiger partial charge in [-0.05, 0) is 36.6 Å². The molecule has 4 nitrogen and oxygen atoms in total. The zero-order valence-corrected chi connectivity index (χ0v) is 14.9. The van der Waals surface area contributed by atoms with Crippen molar-refractivity contribution in [1.29, 1.82) is 0 Å². The van der Waals surface area contributed by atoms with Gasteiger partial charge < -0.3 is 9.32 Å². The Morgan fingerprint density at radius 3 is 2.81 bits per heavy atom. The molecule has 138 valence electrons. The Kier molecular flexibility index (Phi) is 4.86. The third-order valence-corrected chi connectivity index (χ3v) is 5.25. The van der Waals surface area contributed by atoms with Crippen LogP contribution in [0.25, 0.3) is 11.0 Å². The van der Waals surface area contributed by atoms with E-state index in [9.17, 15) is 14.0 Å². The minimum absolute atomic E-state index is 0.0179. The van der Waals surface area contributed by atoms with Gasteiger partial charge in [0, 0.05) is 25.6 Å². The molecule has 27 heavy (non-hydrogen) atoms. The molecule has 0 bridgehead atoms. The summed E-state index contributed by atoms with van der Waals surface area (Å²) in [5.41, 5.74) is 1.22. The minimum atomic E-state index is -0.672. The van der Waals surface area contributed by atoms with Crippen molar-refractivity contribution < 1.29 is 13.6 Å². The van der Waals surface area contributed by atoms with E-state index in [1.54, 1.807) is 0 Å². The van der Waals surface area contributed by atoms with E-state index < -0.39 is 5.82 Å². The zero-order chi connectivity index (χ0) is 18.8. The maximum Gasteiger partial charge on any atom is 0.192 e. The van der Waals surface area contributed by atoms with Crippen LogP contribution < -0.4 is 5.43 Å². The number of hydrogen-bond acceptors (Lipinski definition) is 4. The highest BCUT2D eigenvalue weighted by atomic mass is 19.1. The summed E-state index contributed by atoms with van der Waals surface area (Å²) in [5, 5.41) is 0.150. The van der Waals surface area contributed by atoms with Crippen LogP contribution in [0.5, 0.6) is 0 Å². The van der Waals surface area contributed by atoms with Crippen LogP contribution in [0.3, 0.4) is 0 Å². The Balaban J connectivity index is 1.42. The smallest absolute Gasteiger partial charge is 0.192 e. The van der Waals surface area contributed by atoms with Crippen molar-refractivity contribution in [2.24, 2.45) is 0 Å². The van der Waals surface area contributed by atoms with Crippen molar-refractivity contribution >= 4 is 16.8 Å². The van der Waals surface area contributed by atoms with Crippen molar-refractivity contribution in [3.63, 3.8) is 0 Å². The Morgan fingerprint density at radius 1 is 1.19 bits per heavy atom. The fraction of sp³-hybridized carbons (Fsp3) is 0.273. The molecule has 1 aliphatic rings. The molecule has 0 amide bonds. The maximum absolute atomic E-state index is 14.3. The molecule has 0 radical (unpaired) electrons. The first-order chi connectivity index (χ1) is 13.1. The highest BCUT2D eigenvalue weighted by Gasteiger charge is 2.24. The molecule has 5 heteroatoms. The summed E-state index contributed by atoms with van der Waals surface area (Å²) in [6, 6.07) is 14.0. The number of rotatable bonds is 5. The molecular formula is C22H20FNO3. The van der Waals surface area contributed by atoms with Gasteiger partial charge in [0.1, 0.15) is 11.4 Å². The molecule has 1 fully saturated rings. The van der Waals surface area contributed by atoms with Gasteiger partial charge in [-0.3, -0.25) is 9.59 Å². The number of nitrogens with zero attached hydrogens (tertiary/aromatic N) is 1. The predicted molar refractivity (Wildman–Crippen MR) is 102 cm³/mol. The van der Waals surface area contributed by atoms with Crippen LogP contribution in [0.4, 0.5) is 4.39 Å². The summed E-state index contributed by atoms with van der Waals surface area (Å²) in [6.45, 7) is 2.44. The normalized spacial score (nSPS) is 17.4. The number of carbonyl (C=O) groups is 1. The fourth-order valence-corrected chi connectivity index (χ4v) is 3.74. The molecule has 1 aromatic heterocycles. The molecule has 4 rings (SSSR count). The molecule has 2 aromatic carbocycles. The van der Waals surface area contributed by atoms with E-state index in [1.165, 1.54) is 24.0 Å². The largest absolute Gasteiger partial charge is 0.464 e. The zero-order valence-electron chi connectivity index (χ0n) is 14.9. The quantitative estimate of drug-likeness (QED) is 0.642. The van der Waals surface area contributed by atoms with E-state index in [1.807, 2.05) is 18.2 Å². The van der Waals surface area contributed by atoms with Gasteiger partial charge in [-0.15, -0.1) is 0 Å². The maximum atomic E-state index is 14.3. The Bertz CT molecular complexity index is 1030. The monoisotopic (exact) mass is 365 g/mol. The van der Waals surface area contributed by atoms with Gasteiger partial charge in [0.25, 0.3) is 0 Å². The summed E-state index contributed by atoms with van der Waals surface area (Å²) in [7, 11) is 0. The lowest BCUT2D eigenvalue weighted by atomic mass is 9.99. The molecule has 0 spiro atoms. The molecule has 3 aromatic rings. The summed E-state index contributed by atoms with van der Waals surface area (Å²) < 4.78 is 19.6. The van der Waals surface area contributed by atoms with E-state index in [-0.39, 0.29) is 34.2 Å². The van der Waals surface area contributed by atoms with Crippen molar-refractivity contribution in [2.45, 2.75) is 18.8 Å². The first-order valence-electron chi connectivity index (χ1n) is 9.13. The van der Waals surface area contributed by atoms with E-state index in [4.69, 9.17) is 4.42 Å². The molecule has 1 saturated heterocycles. The lowest BCUT2D eigenvalue weighted by Crippen LogP contribution is -2.24. The Labute approximate surface area is 156 Å². The van der Waals surface area contributed by atoms with Crippen LogP contribution in [-0.4, -0.2) is 30.3 Å². The minimum Gasteiger partial charge on any atom is -0.464 e. The summed E-state index contributed by atoms with van der Waals surface area (Å²) >= 11 is 0. The van der Waals surface area contributed by atoms with Gasteiger partial charge in [-0.2, -0.15) is 0 Å². The number of hydrogen-bond donors (Lipinski definition) is 0. The number of carbonyl (C=O) groups excluding carboxylic acids is 1. The first kappa shape index (κ1) is 17.6. The molecule has 0 aliphatic carbocycles. The average molecular weight is 365 g/mol. The average Bonchev–Trinajstić information content (AvgIpc) is 3.16. The lowest BCUT2D eigenvalue weighted by Gasteiger charge is -2.16. The summed E-state index contributed by atoms with van der Waals surface area (Å²) in [5.74, 6) is -0.466. The standard InChI is InChI=1S/C22H20FNO3/c23-19-12-18-21(26)8-11-27-22(18)13-17(19)20(25)7-10-24-9-6-16(14-24)15-4-2-1-3-5-15/h1-5,8,11-13,16H,6-7,9-10,14H2. The second kappa shape index (κ2) is 7.45. The number of benzene rings is 2. The second-order valence-corrected chi connectivity index (χ2v) is 6.98. The van der Waals surface area contributed by atoms with E-state index in [0.717, 1.165) is 25.6 Å². The lowest BCUT2D eigenvalue weighted by molar-refractivity contribution is 0.0964. The Morgan fingerprint density at radius 2 is 2.00 bits per heavy atom. The fourth-order valence-electron chi connectivity index (χ4n) is 3.74. The Hall–Kier alpha value is -2.79. The van der Waals surface area contributed by atoms with Crippen LogP contribution in [0.15, 0.2) is 64.0 Å².